The molecular formula is C17H20ClN3. The van der Waals surface area contributed by atoms with Crippen molar-refractivity contribution in [2.75, 3.05) is 19.6 Å². The third-order valence-corrected chi connectivity index (χ3v) is 4.68. The maximum absolute atomic E-state index is 6.28. The van der Waals surface area contributed by atoms with E-state index in [4.69, 9.17) is 11.6 Å². The van der Waals surface area contributed by atoms with E-state index in [1.165, 1.54) is 5.56 Å². The van der Waals surface area contributed by atoms with Crippen molar-refractivity contribution in [3.05, 3.63) is 64.9 Å². The highest BCUT2D eigenvalue weighted by molar-refractivity contribution is 6.31. The lowest BCUT2D eigenvalue weighted by atomic mass is 9.88. The van der Waals surface area contributed by atoms with E-state index in [0.29, 0.717) is 0 Å². The molecule has 1 fully saturated rings. The third-order valence-electron chi connectivity index (χ3n) is 4.34. The van der Waals surface area contributed by atoms with Gasteiger partial charge in [-0.1, -0.05) is 41.9 Å². The minimum Gasteiger partial charge on any atom is -0.313 e. The van der Waals surface area contributed by atoms with Crippen LogP contribution in [0.1, 0.15) is 18.1 Å². The number of rotatable bonds is 3. The average molecular weight is 302 g/mol. The first-order chi connectivity index (χ1) is 10.2. The molecule has 0 aliphatic carbocycles. The molecule has 2 aromatic rings. The molecule has 2 heterocycles. The summed E-state index contributed by atoms with van der Waals surface area (Å²) in [4.78, 5) is 6.57. The molecule has 1 N–H and O–H groups in total. The summed E-state index contributed by atoms with van der Waals surface area (Å²) in [5, 5.41) is 4.26. The standard InChI is InChI=1S/C17H20ClN3/c1-17(15-5-3-2-4-6-15)13-20-9-10-21(17)12-14-7-8-19-11-16(14)18/h2-8,11,20H,9-10,12-13H2,1H3. The van der Waals surface area contributed by atoms with Crippen molar-refractivity contribution in [3.63, 3.8) is 0 Å². The number of hydrogen-bond acceptors (Lipinski definition) is 3. The summed E-state index contributed by atoms with van der Waals surface area (Å²) in [7, 11) is 0. The summed E-state index contributed by atoms with van der Waals surface area (Å²) >= 11 is 6.28. The van der Waals surface area contributed by atoms with E-state index in [2.05, 4.69) is 52.5 Å². The molecule has 0 radical (unpaired) electrons. The van der Waals surface area contributed by atoms with E-state index in [-0.39, 0.29) is 5.54 Å². The molecule has 21 heavy (non-hydrogen) atoms. The Morgan fingerprint density at radius 2 is 2.10 bits per heavy atom. The second kappa shape index (κ2) is 6.14. The number of halogens is 1. The van der Waals surface area contributed by atoms with Gasteiger partial charge in [-0.25, -0.2) is 0 Å². The van der Waals surface area contributed by atoms with Crippen LogP contribution in [0.15, 0.2) is 48.8 Å². The van der Waals surface area contributed by atoms with Gasteiger partial charge >= 0.3 is 0 Å². The fraction of sp³-hybridized carbons (Fsp3) is 0.353. The number of pyridine rings is 1. The number of nitrogens with one attached hydrogen (secondary N) is 1. The predicted octanol–water partition coefficient (Wildman–Crippen LogP) is 3.06. The number of nitrogens with zero attached hydrogens (tertiary/aromatic N) is 2. The first-order valence-corrected chi connectivity index (χ1v) is 7.67. The zero-order valence-corrected chi connectivity index (χ0v) is 13.0. The largest absolute Gasteiger partial charge is 0.313 e. The second-order valence-electron chi connectivity index (χ2n) is 5.71. The number of piperazine rings is 1. The molecule has 1 unspecified atom stereocenters. The Bertz CT molecular complexity index is 602. The first-order valence-electron chi connectivity index (χ1n) is 7.30. The van der Waals surface area contributed by atoms with Crippen LogP contribution in [0.3, 0.4) is 0 Å². The van der Waals surface area contributed by atoms with Crippen molar-refractivity contribution >= 4 is 11.6 Å². The van der Waals surface area contributed by atoms with E-state index < -0.39 is 0 Å². The number of aromatic nitrogens is 1. The molecule has 1 aliphatic heterocycles. The van der Waals surface area contributed by atoms with Crippen LogP contribution in [0.25, 0.3) is 0 Å². The molecule has 3 nitrogen and oxygen atoms in total. The van der Waals surface area contributed by atoms with E-state index in [1.807, 2.05) is 12.3 Å². The van der Waals surface area contributed by atoms with Crippen LogP contribution < -0.4 is 5.32 Å². The molecule has 0 spiro atoms. The Morgan fingerprint density at radius 3 is 2.86 bits per heavy atom. The third kappa shape index (κ3) is 2.95. The SMILES string of the molecule is CC1(c2ccccc2)CNCCN1Cc1ccncc1Cl. The van der Waals surface area contributed by atoms with Gasteiger partial charge in [0, 0.05) is 38.6 Å². The molecule has 4 heteroatoms. The predicted molar refractivity (Wildman–Crippen MR) is 86.3 cm³/mol. The van der Waals surface area contributed by atoms with Crippen molar-refractivity contribution < 1.29 is 0 Å². The van der Waals surface area contributed by atoms with E-state index in [1.54, 1.807) is 6.20 Å². The van der Waals surface area contributed by atoms with Crippen LogP contribution in [-0.2, 0) is 12.1 Å². The molecule has 3 rings (SSSR count). The average Bonchev–Trinajstić information content (AvgIpc) is 2.53. The first kappa shape index (κ1) is 14.5. The molecule has 0 amide bonds. The quantitative estimate of drug-likeness (QED) is 0.944. The fourth-order valence-corrected chi connectivity index (χ4v) is 3.16. The fourth-order valence-electron chi connectivity index (χ4n) is 2.98. The highest BCUT2D eigenvalue weighted by Gasteiger charge is 2.35. The van der Waals surface area contributed by atoms with Gasteiger partial charge in [0.1, 0.15) is 0 Å². The highest BCUT2D eigenvalue weighted by Crippen LogP contribution is 2.31. The molecule has 1 aromatic carbocycles. The van der Waals surface area contributed by atoms with Gasteiger partial charge in [0.15, 0.2) is 0 Å². The monoisotopic (exact) mass is 301 g/mol. The maximum atomic E-state index is 6.28. The zero-order chi connectivity index (χ0) is 14.7. The molecular weight excluding hydrogens is 282 g/mol. The van der Waals surface area contributed by atoms with E-state index in [0.717, 1.165) is 36.8 Å². The Labute approximate surface area is 131 Å². The van der Waals surface area contributed by atoms with Gasteiger partial charge in [-0.3, -0.25) is 9.88 Å². The van der Waals surface area contributed by atoms with Gasteiger partial charge in [0.2, 0.25) is 0 Å². The molecule has 1 atom stereocenters. The van der Waals surface area contributed by atoms with Crippen LogP contribution in [0.4, 0.5) is 0 Å². The highest BCUT2D eigenvalue weighted by atomic mass is 35.5. The lowest BCUT2D eigenvalue weighted by molar-refractivity contribution is 0.0650. The number of benzene rings is 1. The van der Waals surface area contributed by atoms with Crippen LogP contribution in [0.5, 0.6) is 0 Å². The molecule has 0 bridgehead atoms. The zero-order valence-electron chi connectivity index (χ0n) is 12.2. The molecule has 0 saturated carbocycles. The van der Waals surface area contributed by atoms with Gasteiger partial charge in [-0.05, 0) is 24.1 Å². The van der Waals surface area contributed by atoms with Crippen LogP contribution in [-0.4, -0.2) is 29.5 Å². The van der Waals surface area contributed by atoms with Gasteiger partial charge in [0.05, 0.1) is 10.6 Å². The van der Waals surface area contributed by atoms with Crippen LogP contribution in [0, 0.1) is 0 Å². The lowest BCUT2D eigenvalue weighted by Gasteiger charge is -2.46. The summed E-state index contributed by atoms with van der Waals surface area (Å²) in [5.41, 5.74) is 2.45. The molecule has 1 saturated heterocycles. The van der Waals surface area contributed by atoms with Crippen molar-refractivity contribution in [1.82, 2.24) is 15.2 Å². The Morgan fingerprint density at radius 1 is 1.29 bits per heavy atom. The smallest absolute Gasteiger partial charge is 0.0634 e. The van der Waals surface area contributed by atoms with Gasteiger partial charge in [-0.2, -0.15) is 0 Å². The molecule has 1 aromatic heterocycles. The maximum Gasteiger partial charge on any atom is 0.0634 e. The molecule has 110 valence electrons. The summed E-state index contributed by atoms with van der Waals surface area (Å²) in [6.45, 7) is 6.09. The Hall–Kier alpha value is -1.42. The lowest BCUT2D eigenvalue weighted by Crippen LogP contribution is -2.56. The van der Waals surface area contributed by atoms with Gasteiger partial charge in [-0.15, -0.1) is 0 Å². The van der Waals surface area contributed by atoms with Crippen LogP contribution in [0.2, 0.25) is 5.02 Å². The normalized spacial score (nSPS) is 23.1. The van der Waals surface area contributed by atoms with Crippen LogP contribution >= 0.6 is 11.6 Å². The summed E-state index contributed by atoms with van der Waals surface area (Å²) < 4.78 is 0. The minimum atomic E-state index is -0.0217. The van der Waals surface area contributed by atoms with Crippen molar-refractivity contribution in [1.29, 1.82) is 0 Å². The van der Waals surface area contributed by atoms with E-state index >= 15 is 0 Å². The van der Waals surface area contributed by atoms with Crippen molar-refractivity contribution in [2.45, 2.75) is 19.0 Å². The van der Waals surface area contributed by atoms with Crippen molar-refractivity contribution in [2.24, 2.45) is 0 Å². The summed E-state index contributed by atoms with van der Waals surface area (Å²) in [5.74, 6) is 0. The Balaban J connectivity index is 1.90. The summed E-state index contributed by atoms with van der Waals surface area (Å²) in [6.07, 6.45) is 3.53. The van der Waals surface area contributed by atoms with Crippen molar-refractivity contribution in [3.8, 4) is 0 Å². The number of hydrogen-bond donors (Lipinski definition) is 1. The minimum absolute atomic E-state index is 0.0217. The Kier molecular flexibility index (Phi) is 4.24. The topological polar surface area (TPSA) is 28.2 Å². The van der Waals surface area contributed by atoms with E-state index in [9.17, 15) is 0 Å². The molecule has 1 aliphatic rings. The van der Waals surface area contributed by atoms with Gasteiger partial charge in [0.25, 0.3) is 0 Å². The second-order valence-corrected chi connectivity index (χ2v) is 6.11. The summed E-state index contributed by atoms with van der Waals surface area (Å²) in [6, 6.07) is 12.7. The van der Waals surface area contributed by atoms with Gasteiger partial charge < -0.3 is 5.32 Å².